The lowest BCUT2D eigenvalue weighted by atomic mass is 9.98. The molecule has 3 N–H and O–H groups in total. The summed E-state index contributed by atoms with van der Waals surface area (Å²) in [5, 5.41) is 8.87. The number of rotatable bonds is 5. The highest BCUT2D eigenvalue weighted by atomic mass is 32.2. The summed E-state index contributed by atoms with van der Waals surface area (Å²) < 4.78 is 23.2. The van der Waals surface area contributed by atoms with Crippen LogP contribution in [-0.2, 0) is 19.4 Å². The molecule has 0 radical (unpaired) electrons. The number of hydrogen-bond donors (Lipinski definition) is 2. The van der Waals surface area contributed by atoms with E-state index >= 15 is 0 Å². The summed E-state index contributed by atoms with van der Waals surface area (Å²) in [7, 11) is -3.29. The minimum Gasteiger partial charge on any atom is -0.481 e. The van der Waals surface area contributed by atoms with E-state index in [4.69, 9.17) is 10.8 Å². The standard InChI is InChI=1S/C12H22N2O5S/c1-3-8(2)11(13)12(17)14-4-5-20(18,19)7-9(14)6-10(15)16/h8-9,11H,3-7,13H2,1-2H3,(H,15,16)/t8?,9?,11-/m0/s1. The van der Waals surface area contributed by atoms with Gasteiger partial charge in [-0.3, -0.25) is 9.59 Å². The lowest BCUT2D eigenvalue weighted by Crippen LogP contribution is -2.57. The monoisotopic (exact) mass is 306 g/mol. The van der Waals surface area contributed by atoms with Crippen LogP contribution in [0.2, 0.25) is 0 Å². The van der Waals surface area contributed by atoms with Crippen molar-refractivity contribution < 1.29 is 23.1 Å². The Morgan fingerprint density at radius 1 is 1.45 bits per heavy atom. The molecule has 0 bridgehead atoms. The van der Waals surface area contributed by atoms with E-state index in [0.717, 1.165) is 6.42 Å². The van der Waals surface area contributed by atoms with Crippen LogP contribution in [0.3, 0.4) is 0 Å². The summed E-state index contributed by atoms with van der Waals surface area (Å²) in [5.41, 5.74) is 5.87. The smallest absolute Gasteiger partial charge is 0.305 e. The molecule has 0 aromatic heterocycles. The molecular formula is C12H22N2O5S. The van der Waals surface area contributed by atoms with Crippen LogP contribution in [0.1, 0.15) is 26.7 Å². The number of carboxylic acid groups (broad SMARTS) is 1. The third kappa shape index (κ3) is 4.17. The highest BCUT2D eigenvalue weighted by molar-refractivity contribution is 7.91. The average molecular weight is 306 g/mol. The third-order valence-corrected chi connectivity index (χ3v) is 5.46. The Bertz CT molecular complexity index is 476. The van der Waals surface area contributed by atoms with Gasteiger partial charge in [-0.1, -0.05) is 20.3 Å². The number of nitrogens with zero attached hydrogens (tertiary/aromatic N) is 1. The SMILES string of the molecule is CCC(C)[C@H](N)C(=O)N1CCS(=O)(=O)CC1CC(=O)O. The lowest BCUT2D eigenvalue weighted by Gasteiger charge is -2.37. The molecule has 3 atom stereocenters. The number of carboxylic acids is 1. The number of aliphatic carboxylic acids is 1. The Hall–Kier alpha value is -1.15. The van der Waals surface area contributed by atoms with Gasteiger partial charge < -0.3 is 15.7 Å². The molecule has 0 saturated carbocycles. The molecule has 0 aliphatic carbocycles. The highest BCUT2D eigenvalue weighted by Gasteiger charge is 2.37. The molecule has 116 valence electrons. The Labute approximate surface area is 119 Å². The third-order valence-electron chi connectivity index (χ3n) is 3.77. The predicted octanol–water partition coefficient (Wildman–Crippen LogP) is -0.540. The van der Waals surface area contributed by atoms with Gasteiger partial charge in [-0.25, -0.2) is 8.42 Å². The number of carbonyl (C=O) groups is 2. The van der Waals surface area contributed by atoms with Crippen molar-refractivity contribution in [1.29, 1.82) is 0 Å². The Kier molecular flexibility index (Phi) is 5.52. The molecule has 1 heterocycles. The molecule has 8 heteroatoms. The fourth-order valence-electron chi connectivity index (χ4n) is 2.24. The topological polar surface area (TPSA) is 118 Å². The number of nitrogens with two attached hydrogens (primary N) is 1. The van der Waals surface area contributed by atoms with Crippen molar-refractivity contribution in [2.24, 2.45) is 11.7 Å². The van der Waals surface area contributed by atoms with Crippen LogP contribution >= 0.6 is 0 Å². The van der Waals surface area contributed by atoms with E-state index in [9.17, 15) is 18.0 Å². The molecule has 0 aromatic rings. The number of amides is 1. The zero-order chi connectivity index (χ0) is 15.5. The largest absolute Gasteiger partial charge is 0.481 e. The van der Waals surface area contributed by atoms with Crippen LogP contribution in [0.5, 0.6) is 0 Å². The van der Waals surface area contributed by atoms with Gasteiger partial charge in [-0.05, 0) is 5.92 Å². The summed E-state index contributed by atoms with van der Waals surface area (Å²) in [4.78, 5) is 24.5. The van der Waals surface area contributed by atoms with Crippen LogP contribution in [0.15, 0.2) is 0 Å². The second kappa shape index (κ2) is 6.53. The van der Waals surface area contributed by atoms with Gasteiger partial charge in [0.05, 0.1) is 30.0 Å². The van der Waals surface area contributed by atoms with E-state index in [2.05, 4.69) is 0 Å². The van der Waals surface area contributed by atoms with E-state index in [1.54, 1.807) is 0 Å². The minimum absolute atomic E-state index is 0.0171. The van der Waals surface area contributed by atoms with Crippen molar-refractivity contribution in [2.75, 3.05) is 18.1 Å². The number of hydrogen-bond acceptors (Lipinski definition) is 5. The van der Waals surface area contributed by atoms with Gasteiger partial charge in [0.25, 0.3) is 0 Å². The van der Waals surface area contributed by atoms with Crippen molar-refractivity contribution in [1.82, 2.24) is 4.90 Å². The molecule has 1 amide bonds. The first-order valence-corrected chi connectivity index (χ1v) is 8.48. The summed E-state index contributed by atoms with van der Waals surface area (Å²) in [6.07, 6.45) is 0.348. The van der Waals surface area contributed by atoms with E-state index in [0.29, 0.717) is 0 Å². The Morgan fingerprint density at radius 2 is 2.05 bits per heavy atom. The highest BCUT2D eigenvalue weighted by Crippen LogP contribution is 2.18. The zero-order valence-electron chi connectivity index (χ0n) is 11.8. The van der Waals surface area contributed by atoms with Crippen molar-refractivity contribution in [3.8, 4) is 0 Å². The Morgan fingerprint density at radius 3 is 2.55 bits per heavy atom. The molecule has 2 unspecified atom stereocenters. The van der Waals surface area contributed by atoms with Crippen molar-refractivity contribution in [3.63, 3.8) is 0 Å². The van der Waals surface area contributed by atoms with Crippen molar-refractivity contribution in [3.05, 3.63) is 0 Å². The van der Waals surface area contributed by atoms with Gasteiger partial charge in [-0.15, -0.1) is 0 Å². The van der Waals surface area contributed by atoms with Gasteiger partial charge in [0.15, 0.2) is 9.84 Å². The summed E-state index contributed by atoms with van der Waals surface area (Å²) in [6.45, 7) is 3.77. The van der Waals surface area contributed by atoms with Gasteiger partial charge in [0.1, 0.15) is 0 Å². The maximum Gasteiger partial charge on any atom is 0.305 e. The first-order chi connectivity index (χ1) is 9.18. The normalized spacial score (nSPS) is 24.9. The molecule has 0 spiro atoms. The average Bonchev–Trinajstić information content (AvgIpc) is 2.34. The van der Waals surface area contributed by atoms with Crippen LogP contribution in [-0.4, -0.2) is 60.4 Å². The quantitative estimate of drug-likeness (QED) is 0.704. The number of carbonyl (C=O) groups excluding carboxylic acids is 1. The minimum atomic E-state index is -3.29. The van der Waals surface area contributed by atoms with Crippen LogP contribution in [0.4, 0.5) is 0 Å². The number of sulfone groups is 1. The van der Waals surface area contributed by atoms with Crippen LogP contribution < -0.4 is 5.73 Å². The predicted molar refractivity (Wildman–Crippen MR) is 73.8 cm³/mol. The van der Waals surface area contributed by atoms with E-state index in [1.165, 1.54) is 4.90 Å². The van der Waals surface area contributed by atoms with Gasteiger partial charge in [-0.2, -0.15) is 0 Å². The van der Waals surface area contributed by atoms with Crippen molar-refractivity contribution in [2.45, 2.75) is 38.8 Å². The molecule has 0 aromatic carbocycles. The van der Waals surface area contributed by atoms with E-state index < -0.39 is 27.9 Å². The summed E-state index contributed by atoms with van der Waals surface area (Å²) in [5.74, 6) is -1.96. The summed E-state index contributed by atoms with van der Waals surface area (Å²) >= 11 is 0. The second-order valence-corrected chi connectivity index (χ2v) is 7.54. The maximum absolute atomic E-state index is 12.3. The fourth-order valence-corrected chi connectivity index (χ4v) is 3.76. The first-order valence-electron chi connectivity index (χ1n) is 6.66. The maximum atomic E-state index is 12.3. The van der Waals surface area contributed by atoms with Gasteiger partial charge >= 0.3 is 5.97 Å². The second-order valence-electron chi connectivity index (χ2n) is 5.31. The molecule has 1 aliphatic heterocycles. The van der Waals surface area contributed by atoms with E-state index in [1.807, 2.05) is 13.8 Å². The molecule has 1 fully saturated rings. The molecule has 7 nitrogen and oxygen atoms in total. The van der Waals surface area contributed by atoms with Crippen LogP contribution in [0.25, 0.3) is 0 Å². The Balaban J connectivity index is 2.90. The zero-order valence-corrected chi connectivity index (χ0v) is 12.6. The van der Waals surface area contributed by atoms with Crippen LogP contribution in [0, 0.1) is 5.92 Å². The molecule has 1 aliphatic rings. The molecule has 1 rings (SSSR count). The molecule has 20 heavy (non-hydrogen) atoms. The van der Waals surface area contributed by atoms with Gasteiger partial charge in [0, 0.05) is 6.54 Å². The lowest BCUT2D eigenvalue weighted by molar-refractivity contribution is -0.141. The summed E-state index contributed by atoms with van der Waals surface area (Å²) in [6, 6.07) is -1.55. The van der Waals surface area contributed by atoms with E-state index in [-0.39, 0.29) is 36.3 Å². The van der Waals surface area contributed by atoms with Crippen molar-refractivity contribution >= 4 is 21.7 Å². The molecule has 1 saturated heterocycles. The fraction of sp³-hybridized carbons (Fsp3) is 0.833. The van der Waals surface area contributed by atoms with Gasteiger partial charge in [0.2, 0.25) is 5.91 Å². The molecular weight excluding hydrogens is 284 g/mol. The first kappa shape index (κ1) is 16.9.